The highest BCUT2D eigenvalue weighted by molar-refractivity contribution is 6.30. The summed E-state index contributed by atoms with van der Waals surface area (Å²) in [6, 6.07) is 16.3. The van der Waals surface area contributed by atoms with E-state index in [1.54, 1.807) is 0 Å². The van der Waals surface area contributed by atoms with E-state index in [0.29, 0.717) is 0 Å². The van der Waals surface area contributed by atoms with Crippen molar-refractivity contribution >= 4 is 22.5 Å². The van der Waals surface area contributed by atoms with Crippen molar-refractivity contribution in [2.24, 2.45) is 0 Å². The van der Waals surface area contributed by atoms with Gasteiger partial charge in [-0.2, -0.15) is 0 Å². The van der Waals surface area contributed by atoms with Gasteiger partial charge in [-0.3, -0.25) is 0 Å². The number of aromatic amines is 1. The van der Waals surface area contributed by atoms with E-state index in [-0.39, 0.29) is 0 Å². The molecule has 3 heteroatoms. The number of nitrogens with one attached hydrogen (secondary N) is 2. The molecule has 0 aliphatic carbocycles. The van der Waals surface area contributed by atoms with Crippen LogP contribution in [0.15, 0.2) is 54.7 Å². The van der Waals surface area contributed by atoms with Crippen LogP contribution in [-0.4, -0.2) is 4.98 Å². The first-order valence-corrected chi connectivity index (χ1v) is 6.71. The van der Waals surface area contributed by atoms with Crippen molar-refractivity contribution in [3.05, 3.63) is 70.9 Å². The molecule has 0 fully saturated rings. The van der Waals surface area contributed by atoms with E-state index in [0.717, 1.165) is 18.1 Å². The molecule has 0 bridgehead atoms. The third-order valence-corrected chi connectivity index (χ3v) is 3.48. The Balaban J connectivity index is 1.65. The minimum atomic E-state index is 0.778. The Labute approximate surface area is 117 Å². The SMILES string of the molecule is Clc1ccc(CNCc2c[nH]c3ccccc23)cc1. The molecule has 0 saturated carbocycles. The second kappa shape index (κ2) is 5.47. The van der Waals surface area contributed by atoms with Crippen LogP contribution in [0.4, 0.5) is 0 Å². The van der Waals surface area contributed by atoms with Gasteiger partial charge >= 0.3 is 0 Å². The van der Waals surface area contributed by atoms with Crippen LogP contribution in [-0.2, 0) is 13.1 Å². The van der Waals surface area contributed by atoms with Crippen molar-refractivity contribution in [3.8, 4) is 0 Å². The number of rotatable bonds is 4. The molecule has 0 atom stereocenters. The molecule has 2 nitrogen and oxygen atoms in total. The van der Waals surface area contributed by atoms with Gasteiger partial charge in [0.1, 0.15) is 0 Å². The Morgan fingerprint density at radius 2 is 1.74 bits per heavy atom. The molecule has 1 aromatic heterocycles. The molecule has 0 radical (unpaired) electrons. The van der Waals surface area contributed by atoms with E-state index in [4.69, 9.17) is 11.6 Å². The first-order valence-electron chi connectivity index (χ1n) is 6.33. The zero-order valence-electron chi connectivity index (χ0n) is 10.5. The lowest BCUT2D eigenvalue weighted by Gasteiger charge is -2.04. The molecule has 0 amide bonds. The van der Waals surface area contributed by atoms with E-state index in [2.05, 4.69) is 34.7 Å². The molecule has 2 N–H and O–H groups in total. The van der Waals surface area contributed by atoms with Gasteiger partial charge in [0.05, 0.1) is 0 Å². The smallest absolute Gasteiger partial charge is 0.0457 e. The lowest BCUT2D eigenvalue weighted by atomic mass is 10.1. The van der Waals surface area contributed by atoms with Crippen molar-refractivity contribution in [2.75, 3.05) is 0 Å². The predicted octanol–water partition coefficient (Wildman–Crippen LogP) is 4.11. The van der Waals surface area contributed by atoms with Crippen LogP contribution in [0.5, 0.6) is 0 Å². The summed E-state index contributed by atoms with van der Waals surface area (Å²) in [5, 5.41) is 5.51. The Hall–Kier alpha value is -1.77. The monoisotopic (exact) mass is 270 g/mol. The van der Waals surface area contributed by atoms with Crippen molar-refractivity contribution in [1.29, 1.82) is 0 Å². The van der Waals surface area contributed by atoms with Gasteiger partial charge in [-0.25, -0.2) is 0 Å². The zero-order valence-corrected chi connectivity index (χ0v) is 11.2. The molecule has 3 rings (SSSR count). The molecule has 96 valence electrons. The Morgan fingerprint density at radius 3 is 2.58 bits per heavy atom. The molecular formula is C16H15ClN2. The number of para-hydroxylation sites is 1. The van der Waals surface area contributed by atoms with Gasteiger partial charge in [0.2, 0.25) is 0 Å². The number of fused-ring (bicyclic) bond motifs is 1. The Morgan fingerprint density at radius 1 is 0.947 bits per heavy atom. The maximum absolute atomic E-state index is 5.87. The zero-order chi connectivity index (χ0) is 13.1. The number of H-pyrrole nitrogens is 1. The minimum Gasteiger partial charge on any atom is -0.361 e. The van der Waals surface area contributed by atoms with E-state index in [1.165, 1.54) is 22.0 Å². The third-order valence-electron chi connectivity index (χ3n) is 3.23. The summed E-state index contributed by atoms with van der Waals surface area (Å²) in [5.41, 5.74) is 3.72. The highest BCUT2D eigenvalue weighted by atomic mass is 35.5. The van der Waals surface area contributed by atoms with Crippen LogP contribution in [0, 0.1) is 0 Å². The van der Waals surface area contributed by atoms with Crippen molar-refractivity contribution in [3.63, 3.8) is 0 Å². The van der Waals surface area contributed by atoms with E-state index >= 15 is 0 Å². The average molecular weight is 271 g/mol. The minimum absolute atomic E-state index is 0.778. The fourth-order valence-electron chi connectivity index (χ4n) is 2.22. The second-order valence-corrected chi connectivity index (χ2v) is 5.03. The fraction of sp³-hybridized carbons (Fsp3) is 0.125. The van der Waals surface area contributed by atoms with Crippen LogP contribution >= 0.6 is 11.6 Å². The lowest BCUT2D eigenvalue weighted by Crippen LogP contribution is -2.12. The first-order chi connectivity index (χ1) is 9.33. The molecule has 0 unspecified atom stereocenters. The molecular weight excluding hydrogens is 256 g/mol. The van der Waals surface area contributed by atoms with E-state index in [1.807, 2.05) is 30.3 Å². The second-order valence-electron chi connectivity index (χ2n) is 4.59. The number of benzene rings is 2. The Kier molecular flexibility index (Phi) is 3.53. The van der Waals surface area contributed by atoms with Crippen LogP contribution in [0.25, 0.3) is 10.9 Å². The summed E-state index contributed by atoms with van der Waals surface area (Å²) in [6.07, 6.45) is 2.07. The van der Waals surface area contributed by atoms with E-state index in [9.17, 15) is 0 Å². The molecule has 0 aliphatic heterocycles. The number of aromatic nitrogens is 1. The summed E-state index contributed by atoms with van der Waals surface area (Å²) in [5.74, 6) is 0. The van der Waals surface area contributed by atoms with Gasteiger partial charge in [0.15, 0.2) is 0 Å². The van der Waals surface area contributed by atoms with Crippen molar-refractivity contribution < 1.29 is 0 Å². The van der Waals surface area contributed by atoms with Gasteiger partial charge in [0.25, 0.3) is 0 Å². The van der Waals surface area contributed by atoms with Gasteiger partial charge in [-0.05, 0) is 29.3 Å². The van der Waals surface area contributed by atoms with Gasteiger partial charge in [-0.15, -0.1) is 0 Å². The topological polar surface area (TPSA) is 27.8 Å². The molecule has 3 aromatic rings. The number of hydrogen-bond acceptors (Lipinski definition) is 1. The van der Waals surface area contributed by atoms with Crippen LogP contribution < -0.4 is 5.32 Å². The molecule has 2 aromatic carbocycles. The number of halogens is 1. The fourth-order valence-corrected chi connectivity index (χ4v) is 2.35. The molecule has 1 heterocycles. The van der Waals surface area contributed by atoms with Crippen LogP contribution in [0.3, 0.4) is 0 Å². The maximum atomic E-state index is 5.87. The van der Waals surface area contributed by atoms with Gasteiger partial charge in [-0.1, -0.05) is 41.9 Å². The van der Waals surface area contributed by atoms with Crippen LogP contribution in [0.1, 0.15) is 11.1 Å². The summed E-state index contributed by atoms with van der Waals surface area (Å²) in [4.78, 5) is 3.29. The molecule has 0 aliphatic rings. The number of hydrogen-bond donors (Lipinski definition) is 2. The summed E-state index contributed by atoms with van der Waals surface area (Å²) < 4.78 is 0. The largest absolute Gasteiger partial charge is 0.361 e. The first kappa shape index (κ1) is 12.3. The summed E-state index contributed by atoms with van der Waals surface area (Å²) in [6.45, 7) is 1.70. The Bertz CT molecular complexity index is 671. The normalized spacial score (nSPS) is 11.0. The predicted molar refractivity (Wildman–Crippen MR) is 80.3 cm³/mol. The standard InChI is InChI=1S/C16H15ClN2/c17-14-7-5-12(6-8-14)9-18-10-13-11-19-16-4-2-1-3-15(13)16/h1-8,11,18-19H,9-10H2. The van der Waals surface area contributed by atoms with Gasteiger partial charge in [0, 0.05) is 35.2 Å². The van der Waals surface area contributed by atoms with Gasteiger partial charge < -0.3 is 10.3 Å². The van der Waals surface area contributed by atoms with E-state index < -0.39 is 0 Å². The van der Waals surface area contributed by atoms with Crippen molar-refractivity contribution in [1.82, 2.24) is 10.3 Å². The third kappa shape index (κ3) is 2.80. The average Bonchev–Trinajstić information content (AvgIpc) is 2.85. The quantitative estimate of drug-likeness (QED) is 0.734. The highest BCUT2D eigenvalue weighted by Gasteiger charge is 2.02. The molecule has 0 spiro atoms. The highest BCUT2D eigenvalue weighted by Crippen LogP contribution is 2.17. The summed E-state index contributed by atoms with van der Waals surface area (Å²) >= 11 is 5.87. The lowest BCUT2D eigenvalue weighted by molar-refractivity contribution is 0.696. The maximum Gasteiger partial charge on any atom is 0.0457 e. The van der Waals surface area contributed by atoms with Crippen molar-refractivity contribution in [2.45, 2.75) is 13.1 Å². The van der Waals surface area contributed by atoms with Crippen LogP contribution in [0.2, 0.25) is 5.02 Å². The molecule has 19 heavy (non-hydrogen) atoms. The summed E-state index contributed by atoms with van der Waals surface area (Å²) in [7, 11) is 0. The molecule has 0 saturated heterocycles.